The lowest BCUT2D eigenvalue weighted by Crippen LogP contribution is -2.11. The number of benzene rings is 1. The van der Waals surface area contributed by atoms with Gasteiger partial charge < -0.3 is 20.1 Å². The summed E-state index contributed by atoms with van der Waals surface area (Å²) in [5.74, 6) is -1.55. The highest BCUT2D eigenvalue weighted by Gasteiger charge is 2.23. The molecule has 0 radical (unpaired) electrons. The van der Waals surface area contributed by atoms with Gasteiger partial charge in [0.25, 0.3) is 10.1 Å². The number of hydrogen-bond donors (Lipinski definition) is 3. The molecule has 2 aromatic rings. The second kappa shape index (κ2) is 5.64. The molecular weight excluding hydrogens is 326 g/mol. The maximum atomic E-state index is 11.8. The molecule has 4 N–H and O–H groups in total. The number of nitrogens with zero attached hydrogens (tertiary/aromatic N) is 2. The molecule has 120 valence electrons. The average molecular weight is 337 g/mol. The largest absolute Gasteiger partial charge is 0.506 e. The minimum atomic E-state index is -4.60. The average Bonchev–Trinajstić information content (AvgIpc) is 2.81. The van der Waals surface area contributed by atoms with E-state index in [0.29, 0.717) is 0 Å². The lowest BCUT2D eigenvalue weighted by Gasteiger charge is -2.10. The predicted octanol–water partition coefficient (Wildman–Crippen LogP) is 0.670. The van der Waals surface area contributed by atoms with Gasteiger partial charge >= 0.3 is 5.97 Å². The number of nitriles is 1. The minimum Gasteiger partial charge on any atom is -0.506 e. The number of nitrogen functional groups attached to an aromatic ring is 1. The van der Waals surface area contributed by atoms with E-state index >= 15 is 0 Å². The van der Waals surface area contributed by atoms with Gasteiger partial charge in [-0.3, -0.25) is 4.55 Å². The molecule has 9 nitrogen and oxygen atoms in total. The molecule has 1 heterocycles. The summed E-state index contributed by atoms with van der Waals surface area (Å²) in [4.78, 5) is 11.1. The molecule has 0 aliphatic heterocycles. The van der Waals surface area contributed by atoms with Crippen LogP contribution in [0.5, 0.6) is 5.75 Å². The number of carbonyl (C=O) groups excluding carboxylic acids is 1. The highest BCUT2D eigenvalue weighted by atomic mass is 32.2. The molecule has 0 unspecified atom stereocenters. The van der Waals surface area contributed by atoms with Crippen molar-refractivity contribution in [3.05, 3.63) is 35.7 Å². The van der Waals surface area contributed by atoms with Gasteiger partial charge in [0.2, 0.25) is 0 Å². The van der Waals surface area contributed by atoms with E-state index in [9.17, 15) is 18.3 Å². The van der Waals surface area contributed by atoms with Crippen LogP contribution in [0.2, 0.25) is 0 Å². The molecule has 0 aliphatic rings. The lowest BCUT2D eigenvalue weighted by atomic mass is 10.2. The van der Waals surface area contributed by atoms with E-state index in [1.165, 1.54) is 16.8 Å². The van der Waals surface area contributed by atoms with Crippen LogP contribution in [0, 0.1) is 11.3 Å². The topological polar surface area (TPSA) is 156 Å². The van der Waals surface area contributed by atoms with E-state index in [4.69, 9.17) is 15.5 Å². The van der Waals surface area contributed by atoms with Crippen LogP contribution < -0.4 is 5.73 Å². The number of phenols is 1. The van der Waals surface area contributed by atoms with Crippen LogP contribution in [0.1, 0.15) is 16.1 Å². The second-order valence-corrected chi connectivity index (χ2v) is 5.80. The number of methoxy groups -OCH3 is 1. The minimum absolute atomic E-state index is 0.00347. The maximum Gasteiger partial charge on any atom is 0.357 e. The van der Waals surface area contributed by atoms with E-state index < -0.39 is 26.7 Å². The van der Waals surface area contributed by atoms with Gasteiger partial charge in [0.1, 0.15) is 16.7 Å². The number of anilines is 1. The summed E-state index contributed by atoms with van der Waals surface area (Å²) >= 11 is 0. The number of nitrogens with two attached hydrogens (primary N) is 1. The summed E-state index contributed by atoms with van der Waals surface area (Å²) in [5, 5.41) is 18.7. The van der Waals surface area contributed by atoms with Gasteiger partial charge in [-0.05, 0) is 12.1 Å². The second-order valence-electron chi connectivity index (χ2n) is 4.41. The Kier molecular flexibility index (Phi) is 4.00. The van der Waals surface area contributed by atoms with Crippen molar-refractivity contribution in [1.29, 1.82) is 5.26 Å². The molecule has 0 aliphatic carbocycles. The molecule has 0 amide bonds. The summed E-state index contributed by atoms with van der Waals surface area (Å²) in [6.07, 6.45) is 1.24. The third-order valence-corrected chi connectivity index (χ3v) is 3.94. The van der Waals surface area contributed by atoms with Crippen LogP contribution >= 0.6 is 0 Å². The Bertz CT molecular complexity index is 939. The molecule has 0 spiro atoms. The lowest BCUT2D eigenvalue weighted by molar-refractivity contribution is 0.0593. The van der Waals surface area contributed by atoms with Crippen molar-refractivity contribution in [2.24, 2.45) is 0 Å². The van der Waals surface area contributed by atoms with Gasteiger partial charge in [0.05, 0.1) is 18.4 Å². The molecule has 1 aromatic carbocycles. The Balaban J connectivity index is 2.71. The SMILES string of the molecule is COC(=O)c1c(N)c(C#N)cn1-c1ccc(S(=O)(=O)O)c(O)c1. The Morgan fingerprint density at radius 3 is 2.57 bits per heavy atom. The molecule has 0 bridgehead atoms. The summed E-state index contributed by atoms with van der Waals surface area (Å²) in [6, 6.07) is 4.97. The van der Waals surface area contributed by atoms with Crippen LogP contribution in [0.15, 0.2) is 29.3 Å². The first-order valence-corrected chi connectivity index (χ1v) is 7.44. The van der Waals surface area contributed by atoms with E-state index in [0.717, 1.165) is 19.2 Å². The van der Waals surface area contributed by atoms with E-state index in [-0.39, 0.29) is 22.6 Å². The summed E-state index contributed by atoms with van der Waals surface area (Å²) in [5.41, 5.74) is 5.61. The van der Waals surface area contributed by atoms with Crippen LogP contribution in [0.4, 0.5) is 5.69 Å². The fourth-order valence-electron chi connectivity index (χ4n) is 1.99. The van der Waals surface area contributed by atoms with E-state index in [1.54, 1.807) is 6.07 Å². The van der Waals surface area contributed by atoms with Gasteiger partial charge in [0.15, 0.2) is 5.69 Å². The van der Waals surface area contributed by atoms with Gasteiger partial charge in [0, 0.05) is 18.0 Å². The molecule has 0 fully saturated rings. The smallest absolute Gasteiger partial charge is 0.357 e. The standard InChI is InChI=1S/C13H11N3O6S/c1-22-13(18)12-11(15)7(5-14)6-16(12)8-2-3-10(9(17)4-8)23(19,20)21/h2-4,6,17H,15H2,1H3,(H,19,20,21). The maximum absolute atomic E-state index is 11.8. The van der Waals surface area contributed by atoms with Crippen LogP contribution in [-0.4, -0.2) is 35.7 Å². The van der Waals surface area contributed by atoms with Crippen molar-refractivity contribution in [2.45, 2.75) is 4.90 Å². The highest BCUT2D eigenvalue weighted by Crippen LogP contribution is 2.29. The number of aromatic nitrogens is 1. The van der Waals surface area contributed by atoms with Gasteiger partial charge in [-0.15, -0.1) is 0 Å². The van der Waals surface area contributed by atoms with Gasteiger partial charge in [-0.25, -0.2) is 4.79 Å². The number of esters is 1. The molecule has 0 saturated heterocycles. The first-order chi connectivity index (χ1) is 10.7. The monoisotopic (exact) mass is 337 g/mol. The third-order valence-electron chi connectivity index (χ3n) is 3.04. The number of phenolic OH excluding ortho intramolecular Hbond substituents is 1. The summed E-state index contributed by atoms with van der Waals surface area (Å²) in [7, 11) is -3.47. The zero-order valence-electron chi connectivity index (χ0n) is 11.7. The molecule has 23 heavy (non-hydrogen) atoms. The fraction of sp³-hybridized carbons (Fsp3) is 0.0769. The highest BCUT2D eigenvalue weighted by molar-refractivity contribution is 7.86. The number of rotatable bonds is 3. The van der Waals surface area contributed by atoms with Crippen LogP contribution in [0.3, 0.4) is 0 Å². The molecule has 2 rings (SSSR count). The van der Waals surface area contributed by atoms with Crippen molar-refractivity contribution < 1.29 is 27.6 Å². The van der Waals surface area contributed by atoms with Gasteiger partial charge in [-0.2, -0.15) is 13.7 Å². The number of carbonyl (C=O) groups is 1. The van der Waals surface area contributed by atoms with Crippen molar-refractivity contribution in [3.63, 3.8) is 0 Å². The van der Waals surface area contributed by atoms with Crippen molar-refractivity contribution >= 4 is 21.8 Å². The van der Waals surface area contributed by atoms with E-state index in [2.05, 4.69) is 4.74 Å². The molecular formula is C13H11N3O6S. The van der Waals surface area contributed by atoms with Crippen LogP contribution in [-0.2, 0) is 14.9 Å². The Morgan fingerprint density at radius 1 is 1.43 bits per heavy atom. The Morgan fingerprint density at radius 2 is 2.09 bits per heavy atom. The van der Waals surface area contributed by atoms with Gasteiger partial charge in [-0.1, -0.05) is 0 Å². The number of aromatic hydroxyl groups is 1. The predicted molar refractivity (Wildman–Crippen MR) is 77.7 cm³/mol. The van der Waals surface area contributed by atoms with E-state index in [1.807, 2.05) is 0 Å². The summed E-state index contributed by atoms with van der Waals surface area (Å²) < 4.78 is 36.9. The molecule has 10 heteroatoms. The van der Waals surface area contributed by atoms with Crippen LogP contribution in [0.25, 0.3) is 5.69 Å². The Hall–Kier alpha value is -3.03. The zero-order chi connectivity index (χ0) is 17.4. The number of ether oxygens (including phenoxy) is 1. The fourth-order valence-corrected chi connectivity index (χ4v) is 2.56. The van der Waals surface area contributed by atoms with Crippen molar-refractivity contribution in [2.75, 3.05) is 12.8 Å². The Labute approximate surface area is 130 Å². The third kappa shape index (κ3) is 2.83. The first-order valence-electron chi connectivity index (χ1n) is 6.00. The number of hydrogen-bond acceptors (Lipinski definition) is 7. The summed E-state index contributed by atoms with van der Waals surface area (Å²) in [6.45, 7) is 0. The molecule has 0 saturated carbocycles. The first kappa shape index (κ1) is 16.3. The van der Waals surface area contributed by atoms with Crippen molar-refractivity contribution in [1.82, 2.24) is 4.57 Å². The zero-order valence-corrected chi connectivity index (χ0v) is 12.5. The normalized spacial score (nSPS) is 11.0. The molecule has 0 atom stereocenters. The quantitative estimate of drug-likeness (QED) is 0.545. The van der Waals surface area contributed by atoms with Crippen molar-refractivity contribution in [3.8, 4) is 17.5 Å². The molecule has 1 aromatic heterocycles.